The lowest BCUT2D eigenvalue weighted by Crippen LogP contribution is -2.40. The molecule has 2 aromatic rings. The minimum absolute atomic E-state index is 0.0559. The Bertz CT molecular complexity index is 1030. The van der Waals surface area contributed by atoms with E-state index >= 15 is 0 Å². The molecular formula is C29H43N5O2. The largest absolute Gasteiger partial charge is 0.357 e. The van der Waals surface area contributed by atoms with Gasteiger partial charge < -0.3 is 20.4 Å². The highest BCUT2D eigenvalue weighted by Crippen LogP contribution is 2.27. The molecule has 1 atom stereocenters. The normalized spacial score (nSPS) is 18.8. The number of rotatable bonds is 10. The number of anilines is 2. The number of carbonyl (C=O) groups is 2. The van der Waals surface area contributed by atoms with Crippen LogP contribution >= 0.6 is 0 Å². The van der Waals surface area contributed by atoms with Gasteiger partial charge in [0.05, 0.1) is 5.52 Å². The van der Waals surface area contributed by atoms with E-state index in [0.29, 0.717) is 12.6 Å². The van der Waals surface area contributed by atoms with Crippen molar-refractivity contribution in [2.75, 3.05) is 42.9 Å². The minimum Gasteiger partial charge on any atom is -0.357 e. The Morgan fingerprint density at radius 3 is 2.58 bits per heavy atom. The van der Waals surface area contributed by atoms with Gasteiger partial charge in [0.1, 0.15) is 5.82 Å². The molecule has 0 radical (unpaired) electrons. The van der Waals surface area contributed by atoms with Gasteiger partial charge in [0.25, 0.3) is 0 Å². The van der Waals surface area contributed by atoms with Crippen molar-refractivity contribution in [2.45, 2.75) is 84.1 Å². The number of fused-ring (bicyclic) bond motifs is 1. The van der Waals surface area contributed by atoms with Gasteiger partial charge in [0.15, 0.2) is 0 Å². The van der Waals surface area contributed by atoms with Gasteiger partial charge in [0.2, 0.25) is 11.8 Å². The van der Waals surface area contributed by atoms with E-state index in [1.165, 1.54) is 51.5 Å². The molecule has 0 bridgehead atoms. The van der Waals surface area contributed by atoms with Crippen molar-refractivity contribution in [1.82, 2.24) is 15.2 Å². The van der Waals surface area contributed by atoms with E-state index in [0.717, 1.165) is 54.0 Å². The summed E-state index contributed by atoms with van der Waals surface area (Å²) in [6, 6.07) is 8.71. The molecule has 2 N–H and O–H groups in total. The first kappa shape index (κ1) is 26.4. The van der Waals surface area contributed by atoms with Gasteiger partial charge >= 0.3 is 0 Å². The molecule has 2 amide bonds. The fourth-order valence-corrected chi connectivity index (χ4v) is 5.60. The molecule has 2 fully saturated rings. The molecule has 2 aliphatic heterocycles. The van der Waals surface area contributed by atoms with E-state index in [1.807, 2.05) is 18.2 Å². The van der Waals surface area contributed by atoms with Gasteiger partial charge in [-0.2, -0.15) is 0 Å². The van der Waals surface area contributed by atoms with Crippen molar-refractivity contribution < 1.29 is 9.59 Å². The number of hydrogen-bond donors (Lipinski definition) is 2. The van der Waals surface area contributed by atoms with Crippen LogP contribution in [0, 0.1) is 6.92 Å². The third-order valence-electron chi connectivity index (χ3n) is 7.71. The predicted molar refractivity (Wildman–Crippen MR) is 148 cm³/mol. The van der Waals surface area contributed by atoms with E-state index < -0.39 is 0 Å². The van der Waals surface area contributed by atoms with Crippen molar-refractivity contribution in [1.29, 1.82) is 0 Å². The zero-order valence-electron chi connectivity index (χ0n) is 22.2. The average molecular weight is 494 g/mol. The van der Waals surface area contributed by atoms with E-state index in [1.54, 1.807) is 0 Å². The highest BCUT2D eigenvalue weighted by molar-refractivity contribution is 5.96. The van der Waals surface area contributed by atoms with Crippen LogP contribution in [-0.4, -0.2) is 60.5 Å². The lowest BCUT2D eigenvalue weighted by atomic mass is 10.00. The van der Waals surface area contributed by atoms with Crippen molar-refractivity contribution >= 4 is 34.2 Å². The molecule has 0 unspecified atom stereocenters. The Labute approximate surface area is 216 Å². The molecule has 7 heteroatoms. The number of hydrogen-bond acceptors (Lipinski definition) is 5. The minimum atomic E-state index is -0.140. The van der Waals surface area contributed by atoms with Crippen LogP contribution in [0.4, 0.5) is 11.5 Å². The van der Waals surface area contributed by atoms with E-state index in [4.69, 9.17) is 4.98 Å². The Kier molecular flexibility index (Phi) is 9.56. The predicted octanol–water partition coefficient (Wildman–Crippen LogP) is 5.02. The zero-order valence-corrected chi connectivity index (χ0v) is 22.2. The van der Waals surface area contributed by atoms with Crippen molar-refractivity contribution in [3.05, 3.63) is 29.8 Å². The molecule has 7 nitrogen and oxygen atoms in total. The quantitative estimate of drug-likeness (QED) is 0.454. The summed E-state index contributed by atoms with van der Waals surface area (Å²) in [5.41, 5.74) is 2.85. The molecule has 2 saturated heterocycles. The monoisotopic (exact) mass is 493 g/mol. The van der Waals surface area contributed by atoms with Gasteiger partial charge in [-0.15, -0.1) is 0 Å². The van der Waals surface area contributed by atoms with E-state index in [-0.39, 0.29) is 24.7 Å². The number of pyridine rings is 1. The van der Waals surface area contributed by atoms with Crippen molar-refractivity contribution in [3.63, 3.8) is 0 Å². The number of benzene rings is 1. The number of nitrogens with zero attached hydrogens (tertiary/aromatic N) is 3. The first-order chi connectivity index (χ1) is 17.5. The van der Waals surface area contributed by atoms with Crippen molar-refractivity contribution in [2.24, 2.45) is 0 Å². The molecule has 36 heavy (non-hydrogen) atoms. The van der Waals surface area contributed by atoms with Crippen LogP contribution in [0.5, 0.6) is 0 Å². The number of aromatic nitrogens is 1. The van der Waals surface area contributed by atoms with Crippen LogP contribution in [0.1, 0.15) is 76.7 Å². The zero-order chi connectivity index (χ0) is 25.3. The maximum absolute atomic E-state index is 12.5. The molecule has 0 spiro atoms. The molecule has 1 aromatic carbocycles. The average Bonchev–Trinajstić information content (AvgIpc) is 2.91. The third-order valence-corrected chi connectivity index (χ3v) is 7.71. The maximum Gasteiger partial charge on any atom is 0.224 e. The first-order valence-electron chi connectivity index (χ1n) is 14.0. The third kappa shape index (κ3) is 7.19. The highest BCUT2D eigenvalue weighted by atomic mass is 16.2. The summed E-state index contributed by atoms with van der Waals surface area (Å²) in [4.78, 5) is 34.5. The maximum atomic E-state index is 12.5. The second kappa shape index (κ2) is 13.0. The van der Waals surface area contributed by atoms with Crippen LogP contribution in [-0.2, 0) is 9.59 Å². The molecule has 2 aliphatic rings. The molecule has 196 valence electrons. The van der Waals surface area contributed by atoms with Gasteiger partial charge in [-0.25, -0.2) is 4.98 Å². The Hall–Kier alpha value is -2.67. The number of amides is 2. The molecule has 1 aromatic heterocycles. The topological polar surface area (TPSA) is 77.6 Å². The Morgan fingerprint density at radius 2 is 1.78 bits per heavy atom. The van der Waals surface area contributed by atoms with Crippen LogP contribution < -0.4 is 15.5 Å². The standard InChI is InChI=1S/C29H43N5O2/c1-3-24-10-5-8-16-33(24)19-9-15-30-28(35)13-14-29(36)31-23-11-12-26-25(21-23)22(2)20-27(32-26)34-17-6-4-7-18-34/h11-12,20-21,24H,3-10,13-19H2,1-2H3,(H,30,35)(H,31,36)/t24-/m0/s1. The molecule has 0 aliphatic carbocycles. The fraction of sp³-hybridized carbons (Fsp3) is 0.621. The Morgan fingerprint density at radius 1 is 1.00 bits per heavy atom. The first-order valence-corrected chi connectivity index (χ1v) is 14.0. The Balaban J connectivity index is 1.20. The lowest BCUT2D eigenvalue weighted by Gasteiger charge is -2.35. The summed E-state index contributed by atoms with van der Waals surface area (Å²) in [5, 5.41) is 6.98. The molecule has 3 heterocycles. The SMILES string of the molecule is CC[C@H]1CCCCN1CCCNC(=O)CCC(=O)Nc1ccc2nc(N3CCCCC3)cc(C)c2c1. The number of aryl methyl sites for hydroxylation is 1. The summed E-state index contributed by atoms with van der Waals surface area (Å²) in [6.45, 7) is 9.38. The summed E-state index contributed by atoms with van der Waals surface area (Å²) in [6.07, 6.45) is 10.2. The smallest absolute Gasteiger partial charge is 0.224 e. The lowest BCUT2D eigenvalue weighted by molar-refractivity contribution is -0.124. The van der Waals surface area contributed by atoms with Crippen LogP contribution in [0.3, 0.4) is 0 Å². The number of piperidine rings is 2. The molecular weight excluding hydrogens is 450 g/mol. The summed E-state index contributed by atoms with van der Waals surface area (Å²) in [5.74, 6) is 0.849. The van der Waals surface area contributed by atoms with E-state index in [2.05, 4.69) is 40.3 Å². The van der Waals surface area contributed by atoms with Gasteiger partial charge in [-0.3, -0.25) is 9.59 Å². The van der Waals surface area contributed by atoms with Crippen molar-refractivity contribution in [3.8, 4) is 0 Å². The highest BCUT2D eigenvalue weighted by Gasteiger charge is 2.20. The second-order valence-electron chi connectivity index (χ2n) is 10.4. The summed E-state index contributed by atoms with van der Waals surface area (Å²) >= 11 is 0. The van der Waals surface area contributed by atoms with Gasteiger partial charge in [-0.05, 0) is 88.2 Å². The number of nitrogens with one attached hydrogen (secondary N) is 2. The van der Waals surface area contributed by atoms with Crippen LogP contribution in [0.25, 0.3) is 10.9 Å². The molecule has 4 rings (SSSR count). The van der Waals surface area contributed by atoms with Crippen LogP contribution in [0.2, 0.25) is 0 Å². The second-order valence-corrected chi connectivity index (χ2v) is 10.4. The summed E-state index contributed by atoms with van der Waals surface area (Å²) in [7, 11) is 0. The molecule has 0 saturated carbocycles. The van der Waals surface area contributed by atoms with Crippen LogP contribution in [0.15, 0.2) is 24.3 Å². The van der Waals surface area contributed by atoms with Gasteiger partial charge in [0, 0.05) is 56.1 Å². The number of likely N-dealkylation sites (tertiary alicyclic amines) is 1. The van der Waals surface area contributed by atoms with E-state index in [9.17, 15) is 9.59 Å². The van der Waals surface area contributed by atoms with Gasteiger partial charge in [-0.1, -0.05) is 13.3 Å². The fourth-order valence-electron chi connectivity index (χ4n) is 5.60. The summed E-state index contributed by atoms with van der Waals surface area (Å²) < 4.78 is 0. The number of carbonyl (C=O) groups excluding carboxylic acids is 2.